The zero-order chi connectivity index (χ0) is 14.5. The van der Waals surface area contributed by atoms with E-state index in [9.17, 15) is 5.11 Å². The second-order valence-corrected chi connectivity index (χ2v) is 5.09. The number of hydrogen-bond acceptors (Lipinski definition) is 5. The van der Waals surface area contributed by atoms with Gasteiger partial charge in [-0.2, -0.15) is 0 Å². The summed E-state index contributed by atoms with van der Waals surface area (Å²) in [7, 11) is 0. The van der Waals surface area contributed by atoms with Crippen molar-refractivity contribution in [2.45, 2.75) is 52.6 Å². The molecule has 0 spiro atoms. The molecule has 0 saturated carbocycles. The van der Waals surface area contributed by atoms with E-state index in [-0.39, 0.29) is 6.61 Å². The van der Waals surface area contributed by atoms with Gasteiger partial charge in [-0.15, -0.1) is 0 Å². The molecule has 1 aromatic rings. The molecule has 1 aromatic heterocycles. The Morgan fingerprint density at radius 1 is 1.21 bits per heavy atom. The molecule has 0 unspecified atom stereocenters. The fourth-order valence-electron chi connectivity index (χ4n) is 1.99. The number of aliphatic hydroxyl groups excluding tert-OH is 1. The zero-order valence-electron chi connectivity index (χ0n) is 12.3. The zero-order valence-corrected chi connectivity index (χ0v) is 12.3. The molecule has 0 amide bonds. The second-order valence-electron chi connectivity index (χ2n) is 5.09. The predicted octanol–water partition coefficient (Wildman–Crippen LogP) is 1.73. The summed E-state index contributed by atoms with van der Waals surface area (Å²) in [6.07, 6.45) is 1.82. The lowest BCUT2D eigenvalue weighted by atomic mass is 9.94. The fourth-order valence-corrected chi connectivity index (χ4v) is 1.99. The Morgan fingerprint density at radius 2 is 1.89 bits per heavy atom. The van der Waals surface area contributed by atoms with Crippen molar-refractivity contribution in [3.63, 3.8) is 0 Å². The van der Waals surface area contributed by atoms with Crippen molar-refractivity contribution < 1.29 is 10.2 Å². The van der Waals surface area contributed by atoms with Gasteiger partial charge < -0.3 is 15.5 Å². The van der Waals surface area contributed by atoms with Crippen LogP contribution in [0.4, 0.5) is 5.82 Å². The molecule has 3 N–H and O–H groups in total. The molecule has 0 fully saturated rings. The molecule has 108 valence electrons. The van der Waals surface area contributed by atoms with E-state index in [2.05, 4.69) is 15.3 Å². The summed E-state index contributed by atoms with van der Waals surface area (Å²) >= 11 is 0. The van der Waals surface area contributed by atoms with Crippen LogP contribution in [0.1, 0.15) is 43.3 Å². The Morgan fingerprint density at radius 3 is 2.47 bits per heavy atom. The van der Waals surface area contributed by atoms with Crippen LogP contribution in [-0.4, -0.2) is 38.9 Å². The van der Waals surface area contributed by atoms with Gasteiger partial charge in [-0.1, -0.05) is 6.92 Å². The van der Waals surface area contributed by atoms with Gasteiger partial charge in [0.05, 0.1) is 5.60 Å². The third-order valence-electron chi connectivity index (χ3n) is 3.54. The van der Waals surface area contributed by atoms with Gasteiger partial charge in [0.15, 0.2) is 0 Å². The van der Waals surface area contributed by atoms with E-state index in [0.29, 0.717) is 25.8 Å². The van der Waals surface area contributed by atoms with Gasteiger partial charge in [-0.05, 0) is 40.0 Å². The third-order valence-corrected chi connectivity index (χ3v) is 3.54. The Kier molecular flexibility index (Phi) is 5.69. The molecule has 0 radical (unpaired) electrons. The number of aryl methyl sites for hydroxylation is 2. The Bertz CT molecular complexity index is 423. The van der Waals surface area contributed by atoms with Gasteiger partial charge in [0.2, 0.25) is 0 Å². The number of hydrogen-bond donors (Lipinski definition) is 3. The number of nitrogens with zero attached hydrogens (tertiary/aromatic N) is 2. The highest BCUT2D eigenvalue weighted by atomic mass is 16.3. The first-order chi connectivity index (χ1) is 8.91. The molecule has 19 heavy (non-hydrogen) atoms. The lowest BCUT2D eigenvalue weighted by Crippen LogP contribution is -2.37. The maximum Gasteiger partial charge on any atom is 0.132 e. The summed E-state index contributed by atoms with van der Waals surface area (Å²) in [5, 5.41) is 22.5. The van der Waals surface area contributed by atoms with E-state index >= 15 is 0 Å². The van der Waals surface area contributed by atoms with E-state index < -0.39 is 5.60 Å². The molecule has 0 aliphatic carbocycles. The molecule has 1 heterocycles. The fraction of sp³-hybridized carbons (Fsp3) is 0.714. The van der Waals surface area contributed by atoms with Crippen molar-refractivity contribution in [1.29, 1.82) is 0 Å². The van der Waals surface area contributed by atoms with Crippen LogP contribution in [-0.2, 0) is 0 Å². The minimum Gasteiger partial charge on any atom is -0.396 e. The molecule has 1 atom stereocenters. The van der Waals surface area contributed by atoms with Gasteiger partial charge in [-0.25, -0.2) is 9.97 Å². The predicted molar refractivity (Wildman–Crippen MR) is 76.3 cm³/mol. The Balaban J connectivity index is 2.74. The lowest BCUT2D eigenvalue weighted by molar-refractivity contribution is 0.0338. The largest absolute Gasteiger partial charge is 0.396 e. The highest BCUT2D eigenvalue weighted by Gasteiger charge is 2.24. The minimum absolute atomic E-state index is 0.104. The summed E-state index contributed by atoms with van der Waals surface area (Å²) in [6, 6.07) is 0. The highest BCUT2D eigenvalue weighted by Crippen LogP contribution is 2.20. The minimum atomic E-state index is -0.804. The smallest absolute Gasteiger partial charge is 0.132 e. The Hall–Kier alpha value is -1.20. The van der Waals surface area contributed by atoms with Crippen LogP contribution in [0, 0.1) is 20.8 Å². The first-order valence-electron chi connectivity index (χ1n) is 6.81. The first-order valence-corrected chi connectivity index (χ1v) is 6.81. The lowest BCUT2D eigenvalue weighted by Gasteiger charge is -2.27. The second kappa shape index (κ2) is 6.82. The Labute approximate surface area is 115 Å². The molecule has 0 aromatic carbocycles. The van der Waals surface area contributed by atoms with Crippen molar-refractivity contribution in [3.8, 4) is 0 Å². The van der Waals surface area contributed by atoms with Crippen molar-refractivity contribution in [2.75, 3.05) is 18.5 Å². The molecule has 0 aliphatic rings. The van der Waals surface area contributed by atoms with Crippen LogP contribution in [0.15, 0.2) is 0 Å². The van der Waals surface area contributed by atoms with Gasteiger partial charge in [0.1, 0.15) is 11.6 Å². The molecular formula is C14H25N3O2. The number of rotatable bonds is 7. The molecule has 5 nitrogen and oxygen atoms in total. The van der Waals surface area contributed by atoms with Crippen LogP contribution in [0.5, 0.6) is 0 Å². The van der Waals surface area contributed by atoms with E-state index in [0.717, 1.165) is 22.9 Å². The van der Waals surface area contributed by atoms with Gasteiger partial charge >= 0.3 is 0 Å². The van der Waals surface area contributed by atoms with Crippen molar-refractivity contribution >= 4 is 5.82 Å². The topological polar surface area (TPSA) is 78.3 Å². The standard InChI is InChI=1S/C14H25N3O2/c1-5-14(19,7-6-8-18)9-15-13-10(2)11(3)16-12(4)17-13/h18-19H,5-9H2,1-4H3,(H,15,16,17)/t14-/m0/s1. The maximum atomic E-state index is 10.4. The maximum absolute atomic E-state index is 10.4. The summed E-state index contributed by atoms with van der Waals surface area (Å²) in [5.74, 6) is 1.50. The van der Waals surface area contributed by atoms with E-state index in [4.69, 9.17) is 5.11 Å². The number of aliphatic hydroxyl groups is 2. The molecular weight excluding hydrogens is 242 g/mol. The first kappa shape index (κ1) is 15.9. The van der Waals surface area contributed by atoms with Crippen LogP contribution >= 0.6 is 0 Å². The van der Waals surface area contributed by atoms with Crippen molar-refractivity contribution in [3.05, 3.63) is 17.1 Å². The van der Waals surface area contributed by atoms with Crippen molar-refractivity contribution in [2.24, 2.45) is 0 Å². The van der Waals surface area contributed by atoms with Crippen LogP contribution < -0.4 is 5.32 Å². The molecule has 0 aliphatic heterocycles. The summed E-state index contributed by atoms with van der Waals surface area (Å²) in [6.45, 7) is 8.26. The van der Waals surface area contributed by atoms with E-state index in [1.807, 2.05) is 27.7 Å². The normalized spacial score (nSPS) is 14.2. The SMILES string of the molecule is CC[C@](O)(CCCO)CNc1nc(C)nc(C)c1C. The number of anilines is 1. The molecule has 0 bridgehead atoms. The molecule has 5 heteroatoms. The van der Waals surface area contributed by atoms with Gasteiger partial charge in [0.25, 0.3) is 0 Å². The quantitative estimate of drug-likeness (QED) is 0.701. The van der Waals surface area contributed by atoms with Gasteiger partial charge in [-0.3, -0.25) is 0 Å². The summed E-state index contributed by atoms with van der Waals surface area (Å²) < 4.78 is 0. The summed E-state index contributed by atoms with van der Waals surface area (Å²) in [4.78, 5) is 8.67. The highest BCUT2D eigenvalue weighted by molar-refractivity contribution is 5.45. The number of aromatic nitrogens is 2. The average molecular weight is 267 g/mol. The van der Waals surface area contributed by atoms with Crippen LogP contribution in [0.25, 0.3) is 0 Å². The van der Waals surface area contributed by atoms with Gasteiger partial charge in [0, 0.05) is 24.4 Å². The monoisotopic (exact) mass is 267 g/mol. The average Bonchev–Trinajstić information content (AvgIpc) is 2.39. The number of nitrogens with one attached hydrogen (secondary N) is 1. The van der Waals surface area contributed by atoms with Crippen molar-refractivity contribution in [1.82, 2.24) is 9.97 Å². The van der Waals surface area contributed by atoms with Crippen LogP contribution in [0.2, 0.25) is 0 Å². The van der Waals surface area contributed by atoms with E-state index in [1.165, 1.54) is 0 Å². The van der Waals surface area contributed by atoms with Crippen LogP contribution in [0.3, 0.4) is 0 Å². The van der Waals surface area contributed by atoms with E-state index in [1.54, 1.807) is 0 Å². The molecule has 0 saturated heterocycles. The molecule has 1 rings (SSSR count). The summed E-state index contributed by atoms with van der Waals surface area (Å²) in [5.41, 5.74) is 1.15. The third kappa shape index (κ3) is 4.44.